The molecule has 0 spiro atoms. The molecular formula is C50H31BN2. The molecule has 3 heteroatoms. The molecule has 4 heterocycles. The lowest BCUT2D eigenvalue weighted by molar-refractivity contribution is 1.10. The standard InChI is InChI=1S/C50H31BN2/c1-5-17-32(18-6-1)43-38-27-15-28-40-49(38)52(47(43)34-21-9-3-10-22-34)41-29-16-30-42-46(41)51(40)45-37-26-14-13-25-36(37)31-39-44(33-19-7-2-8-20-33)48(53(42)50(39)45)35-23-11-4-12-24-35/h1-31H. The van der Waals surface area contributed by atoms with Gasteiger partial charge in [0.2, 0.25) is 0 Å². The molecule has 0 saturated carbocycles. The van der Waals surface area contributed by atoms with Crippen LogP contribution in [0.5, 0.6) is 0 Å². The van der Waals surface area contributed by atoms with Crippen molar-refractivity contribution in [3.05, 3.63) is 188 Å². The van der Waals surface area contributed by atoms with E-state index in [1.807, 2.05) is 0 Å². The highest BCUT2D eigenvalue weighted by molar-refractivity contribution is 7.01. The van der Waals surface area contributed by atoms with Crippen molar-refractivity contribution in [3.8, 4) is 56.1 Å². The number of fused-ring (bicyclic) bond motifs is 6. The molecule has 0 fully saturated rings. The minimum atomic E-state index is 0.0443. The van der Waals surface area contributed by atoms with Crippen LogP contribution in [0.15, 0.2) is 188 Å². The van der Waals surface area contributed by atoms with Gasteiger partial charge < -0.3 is 9.13 Å². The van der Waals surface area contributed by atoms with Crippen LogP contribution in [0.1, 0.15) is 0 Å². The summed E-state index contributed by atoms with van der Waals surface area (Å²) in [6.45, 7) is 0.0443. The Kier molecular flexibility index (Phi) is 5.89. The van der Waals surface area contributed by atoms with Crippen molar-refractivity contribution < 1.29 is 0 Å². The van der Waals surface area contributed by atoms with Crippen LogP contribution in [0, 0.1) is 0 Å². The number of para-hydroxylation sites is 1. The highest BCUT2D eigenvalue weighted by Crippen LogP contribution is 2.48. The van der Waals surface area contributed by atoms with Crippen molar-refractivity contribution in [3.63, 3.8) is 0 Å². The average Bonchev–Trinajstić information content (AvgIpc) is 3.76. The molecular weight excluding hydrogens is 639 g/mol. The van der Waals surface area contributed by atoms with Gasteiger partial charge in [-0.05, 0) is 67.6 Å². The van der Waals surface area contributed by atoms with E-state index < -0.39 is 0 Å². The van der Waals surface area contributed by atoms with Gasteiger partial charge in [-0.2, -0.15) is 0 Å². The first-order chi connectivity index (χ1) is 26.4. The zero-order chi connectivity index (χ0) is 34.6. The van der Waals surface area contributed by atoms with Crippen LogP contribution in [0.4, 0.5) is 0 Å². The molecule has 0 saturated heterocycles. The normalized spacial score (nSPS) is 12.5. The third-order valence-corrected chi connectivity index (χ3v) is 11.7. The van der Waals surface area contributed by atoms with Gasteiger partial charge in [0, 0.05) is 38.8 Å². The summed E-state index contributed by atoms with van der Waals surface area (Å²) in [6, 6.07) is 69.5. The van der Waals surface area contributed by atoms with E-state index in [2.05, 4.69) is 197 Å². The van der Waals surface area contributed by atoms with E-state index in [0.717, 1.165) is 0 Å². The minimum absolute atomic E-state index is 0.0443. The highest BCUT2D eigenvalue weighted by atomic mass is 15.0. The number of nitrogens with zero attached hydrogens (tertiary/aromatic N) is 2. The summed E-state index contributed by atoms with van der Waals surface area (Å²) in [7, 11) is 0. The highest BCUT2D eigenvalue weighted by Gasteiger charge is 2.43. The number of benzene rings is 8. The molecule has 0 aliphatic carbocycles. The quantitative estimate of drug-likeness (QED) is 0.165. The maximum atomic E-state index is 2.61. The molecule has 53 heavy (non-hydrogen) atoms. The lowest BCUT2D eigenvalue weighted by Gasteiger charge is -2.35. The second-order valence-corrected chi connectivity index (χ2v) is 14.4. The average molecular weight is 671 g/mol. The van der Waals surface area contributed by atoms with Crippen molar-refractivity contribution in [2.24, 2.45) is 0 Å². The largest absolute Gasteiger partial charge is 0.310 e. The second kappa shape index (κ2) is 10.8. The first-order valence-corrected chi connectivity index (χ1v) is 18.5. The first-order valence-electron chi connectivity index (χ1n) is 18.5. The lowest BCUT2D eigenvalue weighted by Crippen LogP contribution is -2.59. The second-order valence-electron chi connectivity index (χ2n) is 14.4. The molecule has 2 aliphatic rings. The van der Waals surface area contributed by atoms with Crippen molar-refractivity contribution in [2.45, 2.75) is 0 Å². The third kappa shape index (κ3) is 3.83. The van der Waals surface area contributed by atoms with E-state index in [1.54, 1.807) is 0 Å². The Bertz CT molecular complexity index is 3080. The molecule has 0 amide bonds. The van der Waals surface area contributed by atoms with Crippen LogP contribution in [0.3, 0.4) is 0 Å². The van der Waals surface area contributed by atoms with E-state index in [4.69, 9.17) is 0 Å². The van der Waals surface area contributed by atoms with Crippen LogP contribution in [0.2, 0.25) is 0 Å². The van der Waals surface area contributed by atoms with E-state index >= 15 is 0 Å². The van der Waals surface area contributed by atoms with Gasteiger partial charge in [-0.1, -0.05) is 170 Å². The molecule has 244 valence electrons. The first kappa shape index (κ1) is 28.8. The van der Waals surface area contributed by atoms with Gasteiger partial charge in [-0.25, -0.2) is 0 Å². The molecule has 2 aliphatic heterocycles. The number of hydrogen-bond acceptors (Lipinski definition) is 0. The molecule has 2 aromatic heterocycles. The van der Waals surface area contributed by atoms with Gasteiger partial charge in [0.05, 0.1) is 16.9 Å². The summed E-state index contributed by atoms with van der Waals surface area (Å²) in [5.41, 5.74) is 19.1. The molecule has 0 radical (unpaired) electrons. The molecule has 2 nitrogen and oxygen atoms in total. The van der Waals surface area contributed by atoms with Crippen LogP contribution < -0.4 is 16.4 Å². The summed E-state index contributed by atoms with van der Waals surface area (Å²) in [5, 5.41) is 5.17. The molecule has 0 N–H and O–H groups in total. The van der Waals surface area contributed by atoms with E-state index in [0.29, 0.717) is 0 Å². The van der Waals surface area contributed by atoms with Crippen LogP contribution in [0.25, 0.3) is 88.7 Å². The third-order valence-electron chi connectivity index (χ3n) is 11.7. The van der Waals surface area contributed by atoms with E-state index in [1.165, 1.54) is 105 Å². The predicted octanol–water partition coefficient (Wildman–Crippen LogP) is 10.5. The molecule has 8 aromatic carbocycles. The maximum Gasteiger partial charge on any atom is 0.253 e. The zero-order valence-electron chi connectivity index (χ0n) is 28.9. The van der Waals surface area contributed by atoms with Crippen LogP contribution >= 0.6 is 0 Å². The SMILES string of the molecule is c1ccc(-c2c(-c3ccccc3)n3c4c(cccc24)B2c4c-3cccc4-n3c(-c4ccccc4)c(-c4ccccc4)c4cc5ccccc5c2c43)cc1. The maximum absolute atomic E-state index is 2.61. The summed E-state index contributed by atoms with van der Waals surface area (Å²) in [6.07, 6.45) is 0. The Hall–Kier alpha value is -6.84. The minimum Gasteiger partial charge on any atom is -0.310 e. The topological polar surface area (TPSA) is 9.86 Å². The zero-order valence-corrected chi connectivity index (χ0v) is 28.9. The van der Waals surface area contributed by atoms with Crippen molar-refractivity contribution in [1.82, 2.24) is 9.13 Å². The Morgan fingerprint density at radius 2 is 0.811 bits per heavy atom. The van der Waals surface area contributed by atoms with Crippen molar-refractivity contribution in [1.29, 1.82) is 0 Å². The van der Waals surface area contributed by atoms with Gasteiger partial charge >= 0.3 is 0 Å². The van der Waals surface area contributed by atoms with Gasteiger partial charge in [-0.15, -0.1) is 0 Å². The summed E-state index contributed by atoms with van der Waals surface area (Å²) >= 11 is 0. The van der Waals surface area contributed by atoms with Crippen molar-refractivity contribution in [2.75, 3.05) is 0 Å². The van der Waals surface area contributed by atoms with Crippen LogP contribution in [-0.4, -0.2) is 15.8 Å². The van der Waals surface area contributed by atoms with Gasteiger partial charge in [-0.3, -0.25) is 0 Å². The Balaban J connectivity index is 1.32. The van der Waals surface area contributed by atoms with E-state index in [-0.39, 0.29) is 6.71 Å². The molecule has 0 unspecified atom stereocenters. The Morgan fingerprint density at radius 3 is 1.42 bits per heavy atom. The van der Waals surface area contributed by atoms with Gasteiger partial charge in [0.25, 0.3) is 6.71 Å². The lowest BCUT2D eigenvalue weighted by atomic mass is 9.33. The smallest absolute Gasteiger partial charge is 0.253 e. The Morgan fingerprint density at radius 1 is 0.340 bits per heavy atom. The Labute approximate surface area is 307 Å². The summed E-state index contributed by atoms with van der Waals surface area (Å²) in [4.78, 5) is 0. The summed E-state index contributed by atoms with van der Waals surface area (Å²) < 4.78 is 5.20. The van der Waals surface area contributed by atoms with Gasteiger partial charge in [0.15, 0.2) is 0 Å². The predicted molar refractivity (Wildman–Crippen MR) is 224 cm³/mol. The monoisotopic (exact) mass is 670 g/mol. The van der Waals surface area contributed by atoms with Gasteiger partial charge in [0.1, 0.15) is 0 Å². The fourth-order valence-corrected chi connectivity index (χ4v) is 9.73. The van der Waals surface area contributed by atoms with Crippen LogP contribution in [-0.2, 0) is 0 Å². The fraction of sp³-hybridized carbons (Fsp3) is 0. The number of rotatable bonds is 4. The number of hydrogen-bond donors (Lipinski definition) is 0. The number of aromatic nitrogens is 2. The fourth-order valence-electron chi connectivity index (χ4n) is 9.73. The van der Waals surface area contributed by atoms with E-state index in [9.17, 15) is 0 Å². The molecule has 0 bridgehead atoms. The molecule has 10 aromatic rings. The molecule has 0 atom stereocenters. The summed E-state index contributed by atoms with van der Waals surface area (Å²) in [5.74, 6) is 0. The van der Waals surface area contributed by atoms with Crippen molar-refractivity contribution >= 4 is 55.7 Å². The molecule has 12 rings (SSSR count).